The molecule has 48 valence electrons. The van der Waals surface area contributed by atoms with Gasteiger partial charge in [-0.3, -0.25) is 0 Å². The first-order valence-electron chi connectivity index (χ1n) is 2.94. The minimum atomic E-state index is -0.561. The van der Waals surface area contributed by atoms with Crippen molar-refractivity contribution in [2.45, 2.75) is 32.0 Å². The average Bonchev–Trinajstić information content (AvgIpc) is 2.13. The molecule has 0 amide bonds. The predicted molar refractivity (Wildman–Crippen MR) is 30.4 cm³/mol. The molecular weight excluding hydrogens is 104 g/mol. The van der Waals surface area contributed by atoms with E-state index < -0.39 is 5.60 Å². The quantitative estimate of drug-likeness (QED) is 0.511. The van der Waals surface area contributed by atoms with Gasteiger partial charge in [0.1, 0.15) is 0 Å². The Balaban J connectivity index is 2.37. The van der Waals surface area contributed by atoms with Crippen LogP contribution in [0.3, 0.4) is 0 Å². The van der Waals surface area contributed by atoms with Crippen molar-refractivity contribution in [3.63, 3.8) is 0 Å². The molecule has 1 aliphatic carbocycles. The second-order valence-corrected chi connectivity index (χ2v) is 2.91. The topological polar surface area (TPSA) is 40.5 Å². The van der Waals surface area contributed by atoms with Crippen LogP contribution in [-0.4, -0.2) is 21.9 Å². The van der Waals surface area contributed by atoms with Crippen LogP contribution in [0.2, 0.25) is 0 Å². The molecule has 0 radical (unpaired) electrons. The maximum atomic E-state index is 9.10. The van der Waals surface area contributed by atoms with E-state index in [0.717, 1.165) is 6.42 Å². The minimum absolute atomic E-state index is 0.127. The molecule has 2 nitrogen and oxygen atoms in total. The van der Waals surface area contributed by atoms with Crippen LogP contribution in [0.1, 0.15) is 20.3 Å². The third kappa shape index (κ3) is 0.858. The molecule has 0 aromatic rings. The summed E-state index contributed by atoms with van der Waals surface area (Å²) >= 11 is 0. The van der Waals surface area contributed by atoms with Gasteiger partial charge in [-0.1, -0.05) is 0 Å². The second-order valence-electron chi connectivity index (χ2n) is 2.91. The third-order valence-corrected chi connectivity index (χ3v) is 1.85. The van der Waals surface area contributed by atoms with Gasteiger partial charge in [0.05, 0.1) is 11.7 Å². The van der Waals surface area contributed by atoms with Gasteiger partial charge in [0.25, 0.3) is 0 Å². The lowest BCUT2D eigenvalue weighted by atomic mass is 10.2. The van der Waals surface area contributed by atoms with Crippen molar-refractivity contribution in [1.82, 2.24) is 0 Å². The summed E-state index contributed by atoms with van der Waals surface area (Å²) in [6, 6.07) is 0. The highest BCUT2D eigenvalue weighted by Crippen LogP contribution is 2.44. The van der Waals surface area contributed by atoms with Gasteiger partial charge in [-0.15, -0.1) is 0 Å². The zero-order valence-corrected chi connectivity index (χ0v) is 5.26. The fraction of sp³-hybridized carbons (Fsp3) is 1.00. The van der Waals surface area contributed by atoms with Crippen LogP contribution in [0.5, 0.6) is 0 Å². The van der Waals surface area contributed by atoms with E-state index in [-0.39, 0.29) is 12.0 Å². The van der Waals surface area contributed by atoms with Crippen LogP contribution in [0, 0.1) is 5.92 Å². The van der Waals surface area contributed by atoms with Crippen LogP contribution in [0.4, 0.5) is 0 Å². The summed E-state index contributed by atoms with van der Waals surface area (Å²) in [5.74, 6) is 0.127. The highest BCUT2D eigenvalue weighted by Gasteiger charge is 2.51. The van der Waals surface area contributed by atoms with E-state index >= 15 is 0 Å². The highest BCUT2D eigenvalue weighted by molar-refractivity contribution is 5.01. The molecule has 0 aromatic heterocycles. The van der Waals surface area contributed by atoms with Gasteiger partial charge in [-0.25, -0.2) is 0 Å². The molecule has 1 rings (SSSR count). The first-order chi connectivity index (χ1) is 3.54. The van der Waals surface area contributed by atoms with E-state index in [2.05, 4.69) is 0 Å². The number of aliphatic hydroxyl groups excluding tert-OH is 1. The normalized spacial score (nSPS) is 48.8. The van der Waals surface area contributed by atoms with Gasteiger partial charge < -0.3 is 10.2 Å². The Morgan fingerprint density at radius 3 is 2.12 bits per heavy atom. The Morgan fingerprint density at radius 2 is 2.12 bits per heavy atom. The molecular formula is C6H12O2. The molecule has 0 heterocycles. The lowest BCUT2D eigenvalue weighted by Gasteiger charge is -2.03. The molecule has 2 N–H and O–H groups in total. The molecule has 1 fully saturated rings. The maximum Gasteiger partial charge on any atom is 0.0678 e. The monoisotopic (exact) mass is 116 g/mol. The zero-order chi connectivity index (χ0) is 6.36. The standard InChI is InChI=1S/C6H12O2/c1-4(7)5-3-6(5,2)8/h4-5,7-8H,3H2,1-2H3/t4-,5-,6?/m0/s1. The van der Waals surface area contributed by atoms with E-state index in [4.69, 9.17) is 10.2 Å². The first-order valence-corrected chi connectivity index (χ1v) is 2.94. The lowest BCUT2D eigenvalue weighted by Crippen LogP contribution is -2.13. The second kappa shape index (κ2) is 1.45. The molecule has 3 atom stereocenters. The SMILES string of the molecule is C[C@H](O)[C@@H]1CC1(C)O. The summed E-state index contributed by atoms with van der Waals surface area (Å²) in [7, 11) is 0. The largest absolute Gasteiger partial charge is 0.393 e. The van der Waals surface area contributed by atoms with Gasteiger partial charge in [0, 0.05) is 5.92 Å². The van der Waals surface area contributed by atoms with Gasteiger partial charge in [-0.2, -0.15) is 0 Å². The highest BCUT2D eigenvalue weighted by atomic mass is 16.3. The first kappa shape index (κ1) is 6.05. The Bertz CT molecular complexity index is 96.7. The van der Waals surface area contributed by atoms with E-state index in [0.29, 0.717) is 0 Å². The van der Waals surface area contributed by atoms with Crippen LogP contribution < -0.4 is 0 Å². The van der Waals surface area contributed by atoms with Crippen molar-refractivity contribution in [1.29, 1.82) is 0 Å². The molecule has 0 aliphatic heterocycles. The Labute approximate surface area is 49.1 Å². The lowest BCUT2D eigenvalue weighted by molar-refractivity contribution is 0.0922. The summed E-state index contributed by atoms with van der Waals surface area (Å²) in [5.41, 5.74) is -0.561. The fourth-order valence-electron chi connectivity index (χ4n) is 1.08. The Hall–Kier alpha value is -0.0800. The third-order valence-electron chi connectivity index (χ3n) is 1.85. The Kier molecular flexibility index (Phi) is 1.10. The predicted octanol–water partition coefficient (Wildman–Crippen LogP) is 0.138. The van der Waals surface area contributed by atoms with Gasteiger partial charge >= 0.3 is 0 Å². The molecule has 8 heavy (non-hydrogen) atoms. The van der Waals surface area contributed by atoms with Gasteiger partial charge in [-0.05, 0) is 20.3 Å². The van der Waals surface area contributed by atoms with E-state index in [1.807, 2.05) is 0 Å². The van der Waals surface area contributed by atoms with Crippen LogP contribution in [0.15, 0.2) is 0 Å². The number of hydrogen-bond acceptors (Lipinski definition) is 2. The van der Waals surface area contributed by atoms with E-state index in [1.165, 1.54) is 0 Å². The van der Waals surface area contributed by atoms with Crippen molar-refractivity contribution >= 4 is 0 Å². The Morgan fingerprint density at radius 1 is 1.75 bits per heavy atom. The number of aliphatic hydroxyl groups is 2. The van der Waals surface area contributed by atoms with Crippen LogP contribution >= 0.6 is 0 Å². The molecule has 1 unspecified atom stereocenters. The maximum absolute atomic E-state index is 9.10. The van der Waals surface area contributed by atoms with Crippen molar-refractivity contribution < 1.29 is 10.2 Å². The van der Waals surface area contributed by atoms with Crippen LogP contribution in [0.25, 0.3) is 0 Å². The van der Waals surface area contributed by atoms with Crippen molar-refractivity contribution in [3.05, 3.63) is 0 Å². The summed E-state index contributed by atoms with van der Waals surface area (Å²) < 4.78 is 0. The van der Waals surface area contributed by atoms with Crippen molar-refractivity contribution in [2.24, 2.45) is 5.92 Å². The summed E-state index contributed by atoms with van der Waals surface area (Å²) in [5, 5.41) is 18.0. The fourth-order valence-corrected chi connectivity index (χ4v) is 1.08. The summed E-state index contributed by atoms with van der Waals surface area (Å²) in [4.78, 5) is 0. The molecule has 2 heteroatoms. The smallest absolute Gasteiger partial charge is 0.0678 e. The summed E-state index contributed by atoms with van der Waals surface area (Å²) in [6.07, 6.45) is 0.412. The molecule has 0 bridgehead atoms. The van der Waals surface area contributed by atoms with Crippen molar-refractivity contribution in [2.75, 3.05) is 0 Å². The molecule has 0 saturated heterocycles. The zero-order valence-electron chi connectivity index (χ0n) is 5.26. The minimum Gasteiger partial charge on any atom is -0.393 e. The average molecular weight is 116 g/mol. The molecule has 1 saturated carbocycles. The van der Waals surface area contributed by atoms with Gasteiger partial charge in [0.2, 0.25) is 0 Å². The molecule has 0 aromatic carbocycles. The van der Waals surface area contributed by atoms with Crippen LogP contribution in [-0.2, 0) is 0 Å². The van der Waals surface area contributed by atoms with Gasteiger partial charge in [0.15, 0.2) is 0 Å². The molecule has 1 aliphatic rings. The summed E-state index contributed by atoms with van der Waals surface area (Å²) in [6.45, 7) is 3.47. The van der Waals surface area contributed by atoms with Crippen molar-refractivity contribution in [3.8, 4) is 0 Å². The number of hydrogen-bond donors (Lipinski definition) is 2. The molecule has 0 spiro atoms. The van der Waals surface area contributed by atoms with E-state index in [1.54, 1.807) is 13.8 Å². The van der Waals surface area contributed by atoms with E-state index in [9.17, 15) is 0 Å². The number of rotatable bonds is 1.